The molecule has 1 amide bonds. The van der Waals surface area contributed by atoms with Crippen molar-refractivity contribution in [3.63, 3.8) is 0 Å². The maximum atomic E-state index is 13.4. The van der Waals surface area contributed by atoms with Gasteiger partial charge >= 0.3 is 0 Å². The van der Waals surface area contributed by atoms with Gasteiger partial charge in [-0.1, -0.05) is 73.0 Å². The first-order valence-electron chi connectivity index (χ1n) is 12.0. The number of rotatable bonds is 9. The first kappa shape index (κ1) is 24.2. The van der Waals surface area contributed by atoms with Gasteiger partial charge in [-0.3, -0.25) is 4.79 Å². The Balaban J connectivity index is 1.66. The highest BCUT2D eigenvalue weighted by atomic mass is 32.2. The minimum atomic E-state index is -3.69. The predicted molar refractivity (Wildman–Crippen MR) is 133 cm³/mol. The second-order valence-corrected chi connectivity index (χ2v) is 11.1. The Labute approximate surface area is 202 Å². The molecule has 1 aliphatic rings. The monoisotopic (exact) mass is 479 g/mol. The summed E-state index contributed by atoms with van der Waals surface area (Å²) in [5, 5.41) is 0.0521. The van der Waals surface area contributed by atoms with Crippen molar-refractivity contribution < 1.29 is 13.2 Å². The van der Waals surface area contributed by atoms with Crippen molar-refractivity contribution in [2.75, 3.05) is 6.54 Å². The lowest BCUT2D eigenvalue weighted by molar-refractivity contribution is -0.135. The van der Waals surface area contributed by atoms with Crippen LogP contribution in [0, 0.1) is 12.8 Å². The third kappa shape index (κ3) is 5.58. The van der Waals surface area contributed by atoms with E-state index in [1.54, 1.807) is 10.8 Å². The van der Waals surface area contributed by atoms with Crippen molar-refractivity contribution >= 4 is 15.7 Å². The third-order valence-corrected chi connectivity index (χ3v) is 8.19. The summed E-state index contributed by atoms with van der Waals surface area (Å²) < 4.78 is 28.7. The van der Waals surface area contributed by atoms with E-state index in [-0.39, 0.29) is 22.7 Å². The summed E-state index contributed by atoms with van der Waals surface area (Å²) in [6, 6.07) is 17.3. The Hall–Kier alpha value is -2.93. The number of nitrogens with zero attached hydrogens (tertiary/aromatic N) is 3. The van der Waals surface area contributed by atoms with E-state index < -0.39 is 9.84 Å². The van der Waals surface area contributed by atoms with Gasteiger partial charge in [0.2, 0.25) is 20.9 Å². The van der Waals surface area contributed by atoms with Crippen LogP contribution in [0.25, 0.3) is 0 Å². The second kappa shape index (κ2) is 10.6. The fourth-order valence-electron chi connectivity index (χ4n) is 4.64. The molecule has 2 aromatic carbocycles. The minimum absolute atomic E-state index is 0.0521. The van der Waals surface area contributed by atoms with Crippen LogP contribution in [0.5, 0.6) is 0 Å². The molecular weight excluding hydrogens is 446 g/mol. The van der Waals surface area contributed by atoms with Crippen molar-refractivity contribution in [2.24, 2.45) is 5.92 Å². The normalized spacial score (nSPS) is 14.4. The quantitative estimate of drug-likeness (QED) is 0.444. The number of hydrogen-bond acceptors (Lipinski definition) is 4. The lowest BCUT2D eigenvalue weighted by atomic mass is 10.1. The summed E-state index contributed by atoms with van der Waals surface area (Å²) in [5.41, 5.74) is 3.53. The number of sulfone groups is 1. The molecule has 3 aromatic rings. The smallest absolute Gasteiger partial charge is 0.228 e. The largest absolute Gasteiger partial charge is 0.337 e. The van der Waals surface area contributed by atoms with Gasteiger partial charge in [-0.15, -0.1) is 0 Å². The zero-order valence-electron chi connectivity index (χ0n) is 20.0. The number of benzene rings is 2. The molecule has 0 aliphatic heterocycles. The zero-order chi connectivity index (χ0) is 24.1. The molecule has 0 bridgehead atoms. The first-order valence-corrected chi connectivity index (χ1v) is 13.7. The van der Waals surface area contributed by atoms with Gasteiger partial charge in [-0.25, -0.2) is 13.4 Å². The van der Waals surface area contributed by atoms with E-state index in [9.17, 15) is 13.2 Å². The second-order valence-electron chi connectivity index (χ2n) is 9.18. The van der Waals surface area contributed by atoms with Crippen molar-refractivity contribution in [2.45, 2.75) is 63.5 Å². The highest BCUT2D eigenvalue weighted by Crippen LogP contribution is 2.28. The molecule has 0 unspecified atom stereocenters. The molecule has 1 saturated carbocycles. The minimum Gasteiger partial charge on any atom is -0.337 e. The summed E-state index contributed by atoms with van der Waals surface area (Å²) in [6.07, 6.45) is 5.70. The molecule has 34 heavy (non-hydrogen) atoms. The van der Waals surface area contributed by atoms with Crippen LogP contribution in [0.4, 0.5) is 0 Å². The van der Waals surface area contributed by atoms with Gasteiger partial charge in [-0.2, -0.15) is 0 Å². The van der Waals surface area contributed by atoms with Gasteiger partial charge in [0.05, 0.1) is 30.7 Å². The Morgan fingerprint density at radius 2 is 1.71 bits per heavy atom. The number of aryl methyl sites for hydroxylation is 1. The average Bonchev–Trinajstić information content (AvgIpc) is 3.50. The van der Waals surface area contributed by atoms with Gasteiger partial charge in [0.1, 0.15) is 0 Å². The van der Waals surface area contributed by atoms with Crippen molar-refractivity contribution in [3.05, 3.63) is 83.2 Å². The topological polar surface area (TPSA) is 72.3 Å². The molecule has 0 spiro atoms. The molecular formula is C27H33N3O3S. The fraction of sp³-hybridized carbons (Fsp3) is 0.407. The number of imidazole rings is 1. The molecule has 180 valence electrons. The van der Waals surface area contributed by atoms with Gasteiger partial charge in [0.15, 0.2) is 0 Å². The van der Waals surface area contributed by atoms with Gasteiger partial charge in [0.25, 0.3) is 0 Å². The highest BCUT2D eigenvalue weighted by Gasteiger charge is 2.29. The number of aromatic nitrogens is 2. The number of carbonyl (C=O) groups is 1. The lowest BCUT2D eigenvalue weighted by Crippen LogP contribution is -2.35. The van der Waals surface area contributed by atoms with Crippen molar-refractivity contribution in [1.29, 1.82) is 0 Å². The van der Waals surface area contributed by atoms with E-state index in [0.717, 1.165) is 48.1 Å². The summed E-state index contributed by atoms with van der Waals surface area (Å²) in [4.78, 5) is 19.3. The van der Waals surface area contributed by atoms with E-state index in [4.69, 9.17) is 0 Å². The lowest BCUT2D eigenvalue weighted by Gasteiger charge is -2.25. The van der Waals surface area contributed by atoms with E-state index in [1.165, 1.54) is 0 Å². The van der Waals surface area contributed by atoms with Crippen LogP contribution in [0.1, 0.15) is 55.0 Å². The first-order chi connectivity index (χ1) is 16.4. The Kier molecular flexibility index (Phi) is 7.51. The van der Waals surface area contributed by atoms with E-state index in [1.807, 2.05) is 73.3 Å². The molecule has 0 radical (unpaired) electrons. The standard InChI is InChI=1S/C27H33N3O3S/c1-3-29(26(31)24-11-7-8-12-24)19-25-17-28-27(30(25)18-22-9-5-4-6-10-22)34(32,33)20-23-15-13-21(2)14-16-23/h4-6,9-10,13-17,24H,3,7-8,11-12,18-20H2,1-2H3. The SMILES string of the molecule is CCN(Cc1cnc(S(=O)(=O)Cc2ccc(C)cc2)n1Cc1ccccc1)C(=O)C1CCCC1. The van der Waals surface area contributed by atoms with Gasteiger partial charge < -0.3 is 9.47 Å². The molecule has 6 nitrogen and oxygen atoms in total. The molecule has 1 heterocycles. The molecule has 0 N–H and O–H groups in total. The zero-order valence-corrected chi connectivity index (χ0v) is 20.8. The van der Waals surface area contributed by atoms with Crippen LogP contribution >= 0.6 is 0 Å². The molecule has 1 fully saturated rings. The van der Waals surface area contributed by atoms with E-state index in [2.05, 4.69) is 4.98 Å². The Morgan fingerprint density at radius 1 is 1.03 bits per heavy atom. The van der Waals surface area contributed by atoms with Gasteiger partial charge in [0, 0.05) is 12.5 Å². The van der Waals surface area contributed by atoms with E-state index >= 15 is 0 Å². The van der Waals surface area contributed by atoms with Crippen molar-refractivity contribution in [3.8, 4) is 0 Å². The number of hydrogen-bond donors (Lipinski definition) is 0. The Morgan fingerprint density at radius 3 is 2.35 bits per heavy atom. The molecule has 0 atom stereocenters. The highest BCUT2D eigenvalue weighted by molar-refractivity contribution is 7.90. The van der Waals surface area contributed by atoms with Crippen LogP contribution in [0.2, 0.25) is 0 Å². The number of amides is 1. The fourth-order valence-corrected chi connectivity index (χ4v) is 6.13. The summed E-state index contributed by atoms with van der Waals surface area (Å²) in [7, 11) is -3.69. The van der Waals surface area contributed by atoms with Gasteiger partial charge in [-0.05, 0) is 37.8 Å². The third-order valence-electron chi connectivity index (χ3n) is 6.59. The number of carbonyl (C=O) groups excluding carboxylic acids is 1. The Bertz CT molecular complexity index is 1210. The average molecular weight is 480 g/mol. The molecule has 7 heteroatoms. The van der Waals surface area contributed by atoms with Crippen LogP contribution in [-0.4, -0.2) is 35.3 Å². The summed E-state index contributed by atoms with van der Waals surface area (Å²) >= 11 is 0. The predicted octanol–water partition coefficient (Wildman–Crippen LogP) is 4.75. The summed E-state index contributed by atoms with van der Waals surface area (Å²) in [5.74, 6) is 0.128. The maximum Gasteiger partial charge on any atom is 0.228 e. The summed E-state index contributed by atoms with van der Waals surface area (Å²) in [6.45, 7) is 5.26. The maximum absolute atomic E-state index is 13.4. The van der Waals surface area contributed by atoms with Crippen LogP contribution in [0.15, 0.2) is 66.0 Å². The molecule has 0 saturated heterocycles. The van der Waals surface area contributed by atoms with Crippen LogP contribution < -0.4 is 0 Å². The van der Waals surface area contributed by atoms with Crippen LogP contribution in [-0.2, 0) is 33.5 Å². The van der Waals surface area contributed by atoms with Crippen molar-refractivity contribution in [1.82, 2.24) is 14.5 Å². The molecule has 4 rings (SSSR count). The molecule has 1 aromatic heterocycles. The van der Waals surface area contributed by atoms with Crippen LogP contribution in [0.3, 0.4) is 0 Å². The van der Waals surface area contributed by atoms with E-state index in [0.29, 0.717) is 19.6 Å². The molecule has 1 aliphatic carbocycles.